The monoisotopic (exact) mass is 663 g/mol. The Kier molecular flexibility index (Phi) is 9.85. The van der Waals surface area contributed by atoms with Crippen LogP contribution >= 0.6 is 0 Å². The van der Waals surface area contributed by atoms with Crippen LogP contribution in [0.25, 0.3) is 10.8 Å². The number of likely N-dealkylation sites (tertiary alicyclic amines) is 1. The number of hydrogen-bond donors (Lipinski definition) is 3. The van der Waals surface area contributed by atoms with Crippen molar-refractivity contribution < 1.29 is 32.2 Å². The third-order valence-corrected chi connectivity index (χ3v) is 10.2. The fourth-order valence-electron chi connectivity index (χ4n) is 6.08. The molecule has 3 aromatic carbocycles. The summed E-state index contributed by atoms with van der Waals surface area (Å²) in [5.74, 6) is -0.554. The SMILES string of the molecule is CCOc1ccc(F)c([C@@H](Nc2ccc3c(N)nccc3c2)C(=O)N2CCC[C@@H]2c2cc(N(CC)C(=O)O)ccc2S(=O)(=O)CC)c1. The molecule has 2 atom stereocenters. The van der Waals surface area contributed by atoms with Crippen LogP contribution in [0.3, 0.4) is 0 Å². The molecule has 1 aliphatic rings. The summed E-state index contributed by atoms with van der Waals surface area (Å²) in [7, 11) is -3.76. The molecule has 0 saturated carbocycles. The molecule has 47 heavy (non-hydrogen) atoms. The zero-order chi connectivity index (χ0) is 33.9. The van der Waals surface area contributed by atoms with Crippen molar-refractivity contribution in [2.24, 2.45) is 0 Å². The first-order valence-electron chi connectivity index (χ1n) is 15.5. The van der Waals surface area contributed by atoms with Crippen molar-refractivity contribution in [2.45, 2.75) is 50.6 Å². The standard InChI is InChI=1S/C34H38FN5O6S/c1-4-39(34(42)43)23-10-14-30(47(44,45)6-3)27(19-23)29-8-7-17-40(29)33(41)31(26-20-24(46-5-2)11-13-28(26)35)38-22-9-12-25-21(18-22)15-16-37-32(25)36/h9-16,18-20,29,31,38H,4-8,17H2,1-3H3,(H2,36,37)(H,42,43)/t29-,31-/m1/s1. The Morgan fingerprint density at radius 1 is 1.13 bits per heavy atom. The normalized spacial score (nSPS) is 15.4. The lowest BCUT2D eigenvalue weighted by molar-refractivity contribution is -0.133. The second-order valence-electron chi connectivity index (χ2n) is 11.2. The predicted molar refractivity (Wildman–Crippen MR) is 179 cm³/mol. The number of ether oxygens (including phenoxy) is 1. The van der Waals surface area contributed by atoms with Gasteiger partial charge in [-0.1, -0.05) is 6.92 Å². The number of halogens is 1. The van der Waals surface area contributed by atoms with E-state index in [1.165, 1.54) is 43.3 Å². The summed E-state index contributed by atoms with van der Waals surface area (Å²) in [6.07, 6.45) is 1.37. The summed E-state index contributed by atoms with van der Waals surface area (Å²) in [6.45, 7) is 5.75. The number of anilines is 3. The van der Waals surface area contributed by atoms with Crippen molar-refractivity contribution in [2.75, 3.05) is 41.4 Å². The molecule has 1 fully saturated rings. The highest BCUT2D eigenvalue weighted by atomic mass is 32.2. The van der Waals surface area contributed by atoms with Gasteiger partial charge in [-0.25, -0.2) is 22.6 Å². The maximum absolute atomic E-state index is 15.6. The average molecular weight is 664 g/mol. The maximum Gasteiger partial charge on any atom is 0.411 e. The molecular formula is C34H38FN5O6S. The van der Waals surface area contributed by atoms with Crippen LogP contribution in [0.4, 0.5) is 26.4 Å². The van der Waals surface area contributed by atoms with E-state index in [0.29, 0.717) is 48.0 Å². The average Bonchev–Trinajstić information content (AvgIpc) is 3.55. The molecule has 11 nitrogen and oxygen atoms in total. The highest BCUT2D eigenvalue weighted by molar-refractivity contribution is 7.91. The number of carboxylic acid groups (broad SMARTS) is 1. The summed E-state index contributed by atoms with van der Waals surface area (Å²) >= 11 is 0. The Balaban J connectivity index is 1.62. The fraction of sp³-hybridized carbons (Fsp3) is 0.324. The summed E-state index contributed by atoms with van der Waals surface area (Å²) < 4.78 is 47.8. The van der Waals surface area contributed by atoms with Crippen LogP contribution in [0.15, 0.2) is 71.8 Å². The molecule has 1 aromatic heterocycles. The Labute approximate surface area is 273 Å². The van der Waals surface area contributed by atoms with Crippen LogP contribution in [0.5, 0.6) is 5.75 Å². The number of fused-ring (bicyclic) bond motifs is 1. The van der Waals surface area contributed by atoms with Crippen LogP contribution in [-0.4, -0.2) is 60.9 Å². The molecule has 4 aromatic rings. The van der Waals surface area contributed by atoms with E-state index in [0.717, 1.165) is 15.7 Å². The molecule has 0 unspecified atom stereocenters. The van der Waals surface area contributed by atoms with Crippen molar-refractivity contribution in [1.82, 2.24) is 9.88 Å². The Morgan fingerprint density at radius 3 is 2.62 bits per heavy atom. The topological polar surface area (TPSA) is 155 Å². The van der Waals surface area contributed by atoms with Crippen LogP contribution in [-0.2, 0) is 14.6 Å². The van der Waals surface area contributed by atoms with E-state index in [1.807, 2.05) is 0 Å². The second kappa shape index (κ2) is 13.8. The van der Waals surface area contributed by atoms with Gasteiger partial charge in [0, 0.05) is 41.6 Å². The number of aromatic nitrogens is 1. The first kappa shape index (κ1) is 33.5. The maximum atomic E-state index is 15.6. The van der Waals surface area contributed by atoms with E-state index in [4.69, 9.17) is 10.5 Å². The number of nitrogens with one attached hydrogen (secondary N) is 1. The third-order valence-electron chi connectivity index (χ3n) is 8.40. The lowest BCUT2D eigenvalue weighted by Gasteiger charge is -2.32. The van der Waals surface area contributed by atoms with E-state index in [9.17, 15) is 23.1 Å². The fourth-order valence-corrected chi connectivity index (χ4v) is 7.22. The lowest BCUT2D eigenvalue weighted by atomic mass is 10.00. The van der Waals surface area contributed by atoms with Gasteiger partial charge >= 0.3 is 6.09 Å². The minimum Gasteiger partial charge on any atom is -0.494 e. The number of rotatable bonds is 11. The number of benzene rings is 3. The number of pyridine rings is 1. The van der Waals surface area contributed by atoms with Crippen molar-refractivity contribution >= 4 is 49.8 Å². The Hall–Kier alpha value is -4.91. The summed E-state index contributed by atoms with van der Waals surface area (Å²) in [5.41, 5.74) is 7.23. The zero-order valence-corrected chi connectivity index (χ0v) is 27.3. The molecule has 13 heteroatoms. The molecular weight excluding hydrogens is 625 g/mol. The predicted octanol–water partition coefficient (Wildman–Crippen LogP) is 6.17. The summed E-state index contributed by atoms with van der Waals surface area (Å²) in [6, 6.07) is 13.8. The highest BCUT2D eigenvalue weighted by Gasteiger charge is 2.38. The quantitative estimate of drug-likeness (QED) is 0.171. The van der Waals surface area contributed by atoms with Gasteiger partial charge in [-0.2, -0.15) is 0 Å². The van der Waals surface area contributed by atoms with Gasteiger partial charge < -0.3 is 25.8 Å². The molecule has 2 amide bonds. The first-order valence-corrected chi connectivity index (χ1v) is 17.1. The number of hydrogen-bond acceptors (Lipinski definition) is 8. The van der Waals surface area contributed by atoms with Crippen LogP contribution in [0.1, 0.15) is 56.8 Å². The van der Waals surface area contributed by atoms with E-state index in [2.05, 4.69) is 10.3 Å². The molecule has 4 N–H and O–H groups in total. The highest BCUT2D eigenvalue weighted by Crippen LogP contribution is 2.40. The van der Waals surface area contributed by atoms with Gasteiger partial charge in [-0.15, -0.1) is 0 Å². The number of nitrogens with zero attached hydrogens (tertiary/aromatic N) is 3. The first-order chi connectivity index (χ1) is 22.5. The van der Waals surface area contributed by atoms with E-state index < -0.39 is 39.7 Å². The molecule has 1 aliphatic heterocycles. The number of carbonyl (C=O) groups is 2. The van der Waals surface area contributed by atoms with Gasteiger partial charge in [0.15, 0.2) is 9.84 Å². The molecule has 248 valence electrons. The van der Waals surface area contributed by atoms with Crippen LogP contribution < -0.4 is 20.7 Å². The molecule has 0 bridgehead atoms. The van der Waals surface area contributed by atoms with Crippen molar-refractivity contribution in [1.29, 1.82) is 0 Å². The minimum atomic E-state index is -3.76. The molecule has 5 rings (SSSR count). The molecule has 1 saturated heterocycles. The van der Waals surface area contributed by atoms with E-state index in [1.54, 1.807) is 49.2 Å². The summed E-state index contributed by atoms with van der Waals surface area (Å²) in [5, 5.41) is 14.5. The van der Waals surface area contributed by atoms with Crippen LogP contribution in [0, 0.1) is 5.82 Å². The minimum absolute atomic E-state index is 0.0321. The lowest BCUT2D eigenvalue weighted by Crippen LogP contribution is -2.38. The van der Waals surface area contributed by atoms with Gasteiger partial charge in [0.2, 0.25) is 5.91 Å². The third kappa shape index (κ3) is 6.80. The molecule has 0 radical (unpaired) electrons. The van der Waals surface area contributed by atoms with Gasteiger partial charge in [0.25, 0.3) is 0 Å². The van der Waals surface area contributed by atoms with Crippen molar-refractivity contribution in [3.63, 3.8) is 0 Å². The molecule has 0 aliphatic carbocycles. The number of nitrogen functional groups attached to an aromatic ring is 1. The number of amides is 2. The smallest absolute Gasteiger partial charge is 0.411 e. The second-order valence-corrected chi connectivity index (χ2v) is 13.4. The Morgan fingerprint density at radius 2 is 1.91 bits per heavy atom. The van der Waals surface area contributed by atoms with Crippen LogP contribution in [0.2, 0.25) is 0 Å². The Bertz CT molecular complexity index is 1920. The van der Waals surface area contributed by atoms with Gasteiger partial charge in [-0.05, 0) is 98.3 Å². The van der Waals surface area contributed by atoms with E-state index in [-0.39, 0.29) is 29.3 Å². The zero-order valence-electron chi connectivity index (χ0n) is 26.4. The number of nitrogens with two attached hydrogens (primary N) is 1. The van der Waals surface area contributed by atoms with Gasteiger partial charge in [0.05, 0.1) is 23.3 Å². The van der Waals surface area contributed by atoms with Crippen molar-refractivity contribution in [3.05, 3.63) is 83.8 Å². The number of sulfone groups is 1. The number of carbonyl (C=O) groups excluding carboxylic acids is 1. The van der Waals surface area contributed by atoms with E-state index >= 15 is 4.39 Å². The van der Waals surface area contributed by atoms with Gasteiger partial charge in [0.1, 0.15) is 23.4 Å². The largest absolute Gasteiger partial charge is 0.494 e. The summed E-state index contributed by atoms with van der Waals surface area (Å²) in [4.78, 5) is 33.4. The van der Waals surface area contributed by atoms with Crippen molar-refractivity contribution in [3.8, 4) is 5.75 Å². The molecule has 0 spiro atoms. The van der Waals surface area contributed by atoms with Gasteiger partial charge in [-0.3, -0.25) is 9.69 Å². The molecule has 2 heterocycles.